The lowest BCUT2D eigenvalue weighted by atomic mass is 9.86. The number of nitrogens with two attached hydrogens (primary N) is 1. The van der Waals surface area contributed by atoms with Gasteiger partial charge in [0.25, 0.3) is 0 Å². The largest absolute Gasteiger partial charge is 0.397 e. The summed E-state index contributed by atoms with van der Waals surface area (Å²) in [7, 11) is 0. The topological polar surface area (TPSA) is 58.4 Å². The number of carbonyl (C=O) groups is 1. The molecule has 1 unspecified atom stereocenters. The average Bonchev–Trinajstić information content (AvgIpc) is 2.75. The van der Waals surface area contributed by atoms with E-state index in [0.29, 0.717) is 12.2 Å². The molecular weight excluding hydrogens is 298 g/mol. The van der Waals surface area contributed by atoms with Gasteiger partial charge in [0.1, 0.15) is 0 Å². The van der Waals surface area contributed by atoms with Gasteiger partial charge >= 0.3 is 0 Å². The van der Waals surface area contributed by atoms with Crippen LogP contribution in [0.3, 0.4) is 0 Å². The summed E-state index contributed by atoms with van der Waals surface area (Å²) in [6.45, 7) is 8.69. The first-order valence-corrected chi connectivity index (χ1v) is 8.43. The lowest BCUT2D eigenvalue weighted by Gasteiger charge is -2.20. The molecule has 2 aromatic carbocycles. The molecule has 3 N–H and O–H groups in total. The van der Waals surface area contributed by atoms with Crippen molar-refractivity contribution in [1.29, 1.82) is 0 Å². The fraction of sp³-hybridized carbons (Fsp3) is 0.350. The summed E-state index contributed by atoms with van der Waals surface area (Å²) in [4.78, 5) is 14.5. The number of nitrogens with one attached hydrogen (secondary N) is 1. The molecule has 4 nitrogen and oxygen atoms in total. The minimum Gasteiger partial charge on any atom is -0.397 e. The number of likely N-dealkylation sites (N-methyl/N-ethyl adjacent to an activating group) is 1. The van der Waals surface area contributed by atoms with Crippen LogP contribution in [0.15, 0.2) is 42.5 Å². The van der Waals surface area contributed by atoms with Crippen molar-refractivity contribution in [2.45, 2.75) is 39.2 Å². The van der Waals surface area contributed by atoms with Crippen LogP contribution in [-0.4, -0.2) is 12.5 Å². The first-order chi connectivity index (χ1) is 11.4. The number of carbonyl (C=O) groups excluding carboxylic acids is 1. The second kappa shape index (κ2) is 5.86. The molecule has 0 bridgehead atoms. The summed E-state index contributed by atoms with van der Waals surface area (Å²) in [5.41, 5.74) is 10.5. The van der Waals surface area contributed by atoms with Gasteiger partial charge in [0.05, 0.1) is 22.5 Å². The van der Waals surface area contributed by atoms with E-state index < -0.39 is 5.41 Å². The van der Waals surface area contributed by atoms with Crippen molar-refractivity contribution >= 4 is 23.0 Å². The van der Waals surface area contributed by atoms with Crippen LogP contribution in [0.1, 0.15) is 44.9 Å². The van der Waals surface area contributed by atoms with Crippen LogP contribution in [0.5, 0.6) is 0 Å². The highest BCUT2D eigenvalue weighted by molar-refractivity contribution is 6.08. The first-order valence-electron chi connectivity index (χ1n) is 8.43. The van der Waals surface area contributed by atoms with Crippen LogP contribution in [0, 0.1) is 0 Å². The summed E-state index contributed by atoms with van der Waals surface area (Å²) in [6.07, 6.45) is 0. The Balaban J connectivity index is 1.98. The quantitative estimate of drug-likeness (QED) is 0.833. The van der Waals surface area contributed by atoms with Crippen molar-refractivity contribution in [3.05, 3.63) is 53.6 Å². The van der Waals surface area contributed by atoms with Crippen LogP contribution in [0.4, 0.5) is 17.1 Å². The van der Waals surface area contributed by atoms with Crippen LogP contribution in [0.25, 0.3) is 0 Å². The summed E-state index contributed by atoms with van der Waals surface area (Å²) < 4.78 is 0. The zero-order chi connectivity index (χ0) is 17.5. The zero-order valence-corrected chi connectivity index (χ0v) is 14.8. The van der Waals surface area contributed by atoms with E-state index in [-0.39, 0.29) is 11.9 Å². The summed E-state index contributed by atoms with van der Waals surface area (Å²) in [6, 6.07) is 14.3. The predicted octanol–water partition coefficient (Wildman–Crippen LogP) is 4.09. The van der Waals surface area contributed by atoms with Gasteiger partial charge in [0, 0.05) is 12.6 Å². The van der Waals surface area contributed by atoms with Crippen LogP contribution < -0.4 is 16.0 Å². The van der Waals surface area contributed by atoms with Crippen molar-refractivity contribution in [2.24, 2.45) is 0 Å². The Hall–Kier alpha value is -2.49. The Morgan fingerprint density at radius 3 is 2.50 bits per heavy atom. The van der Waals surface area contributed by atoms with Crippen molar-refractivity contribution in [3.8, 4) is 0 Å². The Labute approximate surface area is 143 Å². The fourth-order valence-electron chi connectivity index (χ4n) is 3.39. The lowest BCUT2D eigenvalue weighted by Crippen LogP contribution is -2.35. The Morgan fingerprint density at radius 2 is 1.88 bits per heavy atom. The predicted molar refractivity (Wildman–Crippen MR) is 100 cm³/mol. The molecule has 0 radical (unpaired) electrons. The fourth-order valence-corrected chi connectivity index (χ4v) is 3.39. The highest BCUT2D eigenvalue weighted by atomic mass is 16.2. The monoisotopic (exact) mass is 323 g/mol. The van der Waals surface area contributed by atoms with E-state index in [1.54, 1.807) is 0 Å². The van der Waals surface area contributed by atoms with Crippen LogP contribution >= 0.6 is 0 Å². The van der Waals surface area contributed by atoms with Crippen LogP contribution in [0.2, 0.25) is 0 Å². The first kappa shape index (κ1) is 16.4. The molecule has 1 amide bonds. The Bertz CT molecular complexity index is 768. The third kappa shape index (κ3) is 2.52. The van der Waals surface area contributed by atoms with Gasteiger partial charge in [-0.15, -0.1) is 0 Å². The number of hydrogen-bond acceptors (Lipinski definition) is 3. The number of hydrogen-bond donors (Lipinski definition) is 2. The molecule has 0 spiro atoms. The van der Waals surface area contributed by atoms with Gasteiger partial charge in [-0.2, -0.15) is 0 Å². The molecule has 0 fully saturated rings. The minimum atomic E-state index is -0.525. The second-order valence-corrected chi connectivity index (χ2v) is 6.91. The summed E-state index contributed by atoms with van der Waals surface area (Å²) >= 11 is 0. The lowest BCUT2D eigenvalue weighted by molar-refractivity contribution is -0.122. The molecule has 1 aliphatic heterocycles. The van der Waals surface area contributed by atoms with Gasteiger partial charge < -0.3 is 16.0 Å². The van der Waals surface area contributed by atoms with E-state index in [4.69, 9.17) is 5.73 Å². The molecule has 1 heterocycles. The van der Waals surface area contributed by atoms with Gasteiger partial charge in [-0.05, 0) is 51.0 Å². The molecule has 4 heteroatoms. The van der Waals surface area contributed by atoms with E-state index in [1.165, 1.54) is 5.56 Å². The van der Waals surface area contributed by atoms with Gasteiger partial charge in [-0.3, -0.25) is 4.79 Å². The number of nitrogens with zero attached hydrogens (tertiary/aromatic N) is 1. The van der Waals surface area contributed by atoms with Gasteiger partial charge in [-0.25, -0.2) is 0 Å². The maximum absolute atomic E-state index is 12.6. The van der Waals surface area contributed by atoms with Crippen molar-refractivity contribution < 1.29 is 4.79 Å². The maximum Gasteiger partial charge on any atom is 0.237 e. The third-order valence-electron chi connectivity index (χ3n) is 4.90. The van der Waals surface area contributed by atoms with Gasteiger partial charge in [0.15, 0.2) is 0 Å². The maximum atomic E-state index is 12.6. The smallest absolute Gasteiger partial charge is 0.237 e. The van der Waals surface area contributed by atoms with E-state index in [0.717, 1.165) is 16.9 Å². The molecule has 126 valence electrons. The van der Waals surface area contributed by atoms with Gasteiger partial charge in [-0.1, -0.05) is 30.3 Å². The molecule has 3 rings (SSSR count). The number of rotatable bonds is 4. The molecule has 1 aliphatic rings. The second-order valence-electron chi connectivity index (χ2n) is 6.91. The van der Waals surface area contributed by atoms with E-state index in [2.05, 4.69) is 24.4 Å². The molecule has 24 heavy (non-hydrogen) atoms. The molecular formula is C20H25N3O. The van der Waals surface area contributed by atoms with Crippen molar-refractivity contribution in [2.75, 3.05) is 22.5 Å². The highest BCUT2D eigenvalue weighted by Crippen LogP contribution is 2.45. The van der Waals surface area contributed by atoms with Crippen LogP contribution in [-0.2, 0) is 10.2 Å². The number of nitrogen functional groups attached to an aromatic ring is 1. The number of amides is 1. The van der Waals surface area contributed by atoms with Crippen molar-refractivity contribution in [1.82, 2.24) is 0 Å². The van der Waals surface area contributed by atoms with Gasteiger partial charge in [0.2, 0.25) is 5.91 Å². The third-order valence-corrected chi connectivity index (χ3v) is 4.90. The van der Waals surface area contributed by atoms with Crippen molar-refractivity contribution in [3.63, 3.8) is 0 Å². The number of fused-ring (bicyclic) bond motifs is 1. The average molecular weight is 323 g/mol. The normalized spacial score (nSPS) is 16.8. The SMILES string of the molecule is CCN1C(=O)C(C)(C)c2cc(N)c(NC(C)c3ccccc3)cc21. The Morgan fingerprint density at radius 1 is 1.21 bits per heavy atom. The minimum absolute atomic E-state index is 0.131. The summed E-state index contributed by atoms with van der Waals surface area (Å²) in [5.74, 6) is 0.132. The number of benzene rings is 2. The molecule has 2 aromatic rings. The number of anilines is 3. The highest BCUT2D eigenvalue weighted by Gasteiger charge is 2.43. The molecule has 1 atom stereocenters. The molecule has 0 saturated heterocycles. The summed E-state index contributed by atoms with van der Waals surface area (Å²) in [5, 5.41) is 3.48. The van der Waals surface area contributed by atoms with E-state index in [9.17, 15) is 4.79 Å². The van der Waals surface area contributed by atoms with E-state index in [1.807, 2.05) is 56.0 Å². The van der Waals surface area contributed by atoms with E-state index >= 15 is 0 Å². The zero-order valence-electron chi connectivity index (χ0n) is 14.8. The molecule has 0 aliphatic carbocycles. The Kier molecular flexibility index (Phi) is 3.99. The molecule has 0 saturated carbocycles. The standard InChI is InChI=1S/C20H25N3O/c1-5-23-18-12-17(22-13(2)14-9-7-6-8-10-14)16(21)11-15(18)20(3,4)19(23)24/h6-13,22H,5,21H2,1-4H3. The molecule has 0 aromatic heterocycles.